The number of para-hydroxylation sites is 6. The fourth-order valence-corrected chi connectivity index (χ4v) is 10.9. The van der Waals surface area contributed by atoms with Crippen LogP contribution in [0.3, 0.4) is 0 Å². The first-order valence-corrected chi connectivity index (χ1v) is 21.7. The molecule has 0 saturated carbocycles. The maximum Gasteiger partial charge on any atom is 0.236 e. The first-order chi connectivity index (χ1) is 31.8. The van der Waals surface area contributed by atoms with E-state index in [-0.39, 0.29) is 0 Å². The quantitative estimate of drug-likeness (QED) is 0.178. The van der Waals surface area contributed by atoms with Crippen molar-refractivity contribution in [3.63, 3.8) is 0 Å². The van der Waals surface area contributed by atoms with Crippen molar-refractivity contribution in [1.29, 1.82) is 0 Å². The van der Waals surface area contributed by atoms with E-state index in [0.717, 1.165) is 71.7 Å². The highest BCUT2D eigenvalue weighted by Crippen LogP contribution is 2.48. The van der Waals surface area contributed by atoms with E-state index in [1.165, 1.54) is 55.1 Å². The molecule has 296 valence electrons. The summed E-state index contributed by atoms with van der Waals surface area (Å²) in [6.07, 6.45) is 0. The Kier molecular flexibility index (Phi) is 6.59. The van der Waals surface area contributed by atoms with Crippen LogP contribution in [-0.4, -0.2) is 23.7 Å². The SMILES string of the molecule is c1ccc(-n2c3ccccc3c3cc(-c4nc(-n5c6ccccc6c6cc7c(cc65)c5cccc6c5n7-c5ccccc5-c5ccccc5-6)nc5c4oc4ccccc45)ccc32)cc1. The summed E-state index contributed by atoms with van der Waals surface area (Å²) in [7, 11) is 0. The molecule has 1 aliphatic heterocycles. The third-order valence-corrected chi connectivity index (χ3v) is 13.6. The molecule has 0 saturated heterocycles. The van der Waals surface area contributed by atoms with Crippen LogP contribution in [0.4, 0.5) is 0 Å². The van der Waals surface area contributed by atoms with E-state index < -0.39 is 0 Å². The van der Waals surface area contributed by atoms with E-state index in [0.29, 0.717) is 11.5 Å². The van der Waals surface area contributed by atoms with Crippen LogP contribution < -0.4 is 0 Å². The summed E-state index contributed by atoms with van der Waals surface area (Å²) in [6, 6.07) is 71.9. The molecular formula is C58H33N5O. The zero-order valence-electron chi connectivity index (χ0n) is 34.2. The van der Waals surface area contributed by atoms with E-state index in [9.17, 15) is 0 Å². The maximum absolute atomic E-state index is 6.72. The highest BCUT2D eigenvalue weighted by atomic mass is 16.3. The zero-order chi connectivity index (χ0) is 41.6. The molecular weight excluding hydrogens is 783 g/mol. The van der Waals surface area contributed by atoms with Crippen LogP contribution in [0.2, 0.25) is 0 Å². The van der Waals surface area contributed by atoms with Gasteiger partial charge in [0.25, 0.3) is 0 Å². The first-order valence-electron chi connectivity index (χ1n) is 21.7. The molecule has 6 heteroatoms. The summed E-state index contributed by atoms with van der Waals surface area (Å²) >= 11 is 0. The monoisotopic (exact) mass is 815 g/mol. The molecule has 0 N–H and O–H groups in total. The van der Waals surface area contributed by atoms with Crippen molar-refractivity contribution < 1.29 is 4.42 Å². The van der Waals surface area contributed by atoms with Crippen molar-refractivity contribution in [2.75, 3.05) is 0 Å². The molecule has 0 bridgehead atoms. The van der Waals surface area contributed by atoms with Crippen molar-refractivity contribution in [3.8, 4) is 50.8 Å². The predicted octanol–water partition coefficient (Wildman–Crippen LogP) is 15.0. The fourth-order valence-electron chi connectivity index (χ4n) is 10.9. The second kappa shape index (κ2) is 12.4. The van der Waals surface area contributed by atoms with Crippen molar-refractivity contribution in [1.82, 2.24) is 23.7 Å². The average molecular weight is 816 g/mol. The van der Waals surface area contributed by atoms with E-state index in [1.807, 2.05) is 12.1 Å². The molecule has 9 aromatic carbocycles. The molecule has 15 rings (SSSR count). The Hall–Kier alpha value is -8.74. The molecule has 6 heterocycles. The number of benzene rings is 9. The number of fused-ring (bicyclic) bond motifs is 17. The molecule has 0 amide bonds. The molecule has 0 spiro atoms. The van der Waals surface area contributed by atoms with Crippen molar-refractivity contribution >= 4 is 87.5 Å². The Labute approximate surface area is 365 Å². The van der Waals surface area contributed by atoms with Crippen LogP contribution >= 0.6 is 0 Å². The van der Waals surface area contributed by atoms with Gasteiger partial charge in [-0.15, -0.1) is 0 Å². The molecule has 1 aliphatic rings. The number of nitrogens with zero attached hydrogens (tertiary/aromatic N) is 5. The van der Waals surface area contributed by atoms with Gasteiger partial charge in [0.15, 0.2) is 5.58 Å². The van der Waals surface area contributed by atoms with Gasteiger partial charge in [-0.25, -0.2) is 9.97 Å². The average Bonchev–Trinajstić information content (AvgIpc) is 4.07. The molecule has 0 unspecified atom stereocenters. The minimum Gasteiger partial charge on any atom is -0.452 e. The molecule has 0 radical (unpaired) electrons. The fraction of sp³-hybridized carbons (Fsp3) is 0. The third kappa shape index (κ3) is 4.43. The van der Waals surface area contributed by atoms with Crippen LogP contribution in [0.1, 0.15) is 0 Å². The molecule has 0 atom stereocenters. The van der Waals surface area contributed by atoms with Crippen molar-refractivity contribution in [2.45, 2.75) is 0 Å². The number of hydrogen-bond donors (Lipinski definition) is 0. The van der Waals surface area contributed by atoms with Gasteiger partial charge in [-0.3, -0.25) is 4.57 Å². The molecule has 14 aromatic rings. The van der Waals surface area contributed by atoms with Crippen molar-refractivity contribution in [3.05, 3.63) is 200 Å². The molecule has 6 nitrogen and oxygen atoms in total. The Balaban J connectivity index is 1.04. The van der Waals surface area contributed by atoms with E-state index in [2.05, 4.69) is 202 Å². The lowest BCUT2D eigenvalue weighted by molar-refractivity contribution is 0.666. The summed E-state index contributed by atoms with van der Waals surface area (Å²) in [4.78, 5) is 11.0. The topological polar surface area (TPSA) is 53.7 Å². The number of rotatable bonds is 3. The van der Waals surface area contributed by atoms with Gasteiger partial charge in [0.2, 0.25) is 5.95 Å². The summed E-state index contributed by atoms with van der Waals surface area (Å²) in [6.45, 7) is 0. The second-order valence-corrected chi connectivity index (χ2v) is 16.9. The molecule has 0 fully saturated rings. The van der Waals surface area contributed by atoms with Crippen LogP contribution in [-0.2, 0) is 0 Å². The van der Waals surface area contributed by atoms with Crippen LogP contribution in [0.25, 0.3) is 138 Å². The van der Waals surface area contributed by atoms with Gasteiger partial charge in [0.05, 0.1) is 38.8 Å². The van der Waals surface area contributed by atoms with E-state index >= 15 is 0 Å². The summed E-state index contributed by atoms with van der Waals surface area (Å²) in [5.74, 6) is 0.594. The predicted molar refractivity (Wildman–Crippen MR) is 262 cm³/mol. The summed E-state index contributed by atoms with van der Waals surface area (Å²) in [5.41, 5.74) is 17.9. The Morgan fingerprint density at radius 1 is 0.359 bits per heavy atom. The van der Waals surface area contributed by atoms with Crippen molar-refractivity contribution in [2.24, 2.45) is 0 Å². The smallest absolute Gasteiger partial charge is 0.236 e. The lowest BCUT2D eigenvalue weighted by Gasteiger charge is -2.12. The largest absolute Gasteiger partial charge is 0.452 e. The lowest BCUT2D eigenvalue weighted by atomic mass is 9.94. The van der Waals surface area contributed by atoms with Gasteiger partial charge in [-0.1, -0.05) is 133 Å². The number of furan rings is 1. The Bertz CT molecular complexity index is 4320. The van der Waals surface area contributed by atoms with Gasteiger partial charge in [-0.05, 0) is 77.9 Å². The maximum atomic E-state index is 6.72. The highest BCUT2D eigenvalue weighted by molar-refractivity contribution is 6.22. The zero-order valence-corrected chi connectivity index (χ0v) is 34.2. The van der Waals surface area contributed by atoms with Crippen LogP contribution in [0, 0.1) is 0 Å². The third-order valence-electron chi connectivity index (χ3n) is 13.6. The first kappa shape index (κ1) is 33.9. The Morgan fingerprint density at radius 3 is 1.75 bits per heavy atom. The number of aromatic nitrogens is 5. The van der Waals surface area contributed by atoms with Gasteiger partial charge in [0, 0.05) is 60.1 Å². The second-order valence-electron chi connectivity index (χ2n) is 16.9. The summed E-state index contributed by atoms with van der Waals surface area (Å²) in [5, 5.41) is 7.94. The Morgan fingerprint density at radius 2 is 0.938 bits per heavy atom. The lowest BCUT2D eigenvalue weighted by Crippen LogP contribution is -2.03. The van der Waals surface area contributed by atoms with Gasteiger partial charge < -0.3 is 13.6 Å². The van der Waals surface area contributed by atoms with Gasteiger partial charge >= 0.3 is 0 Å². The van der Waals surface area contributed by atoms with Gasteiger partial charge in [-0.2, -0.15) is 0 Å². The normalized spacial score (nSPS) is 12.4. The summed E-state index contributed by atoms with van der Waals surface area (Å²) < 4.78 is 13.8. The van der Waals surface area contributed by atoms with E-state index in [4.69, 9.17) is 14.4 Å². The van der Waals surface area contributed by atoms with Gasteiger partial charge in [0.1, 0.15) is 16.8 Å². The van der Waals surface area contributed by atoms with E-state index in [1.54, 1.807) is 0 Å². The molecule has 5 aromatic heterocycles. The standard InChI is InChI=1S/C58H33N5O/c1-2-15-35(16-3-1)61-47-25-10-7-20-39(47)44-31-34(29-30-50(44)61)54-57-55(43-22-9-13-28-53(43)64-57)60-58(59-54)63-49-27-12-8-21-40(49)45-32-51-46(33-52(45)63)42-24-14-23-41-37-18-5-4-17-36(37)38-19-6-11-26-48(38)62(51)56(41)42/h1-33H. The molecule has 0 aliphatic carbocycles. The minimum atomic E-state index is 0.594. The van der Waals surface area contributed by atoms with Crippen LogP contribution in [0.15, 0.2) is 205 Å². The minimum absolute atomic E-state index is 0.594. The highest BCUT2D eigenvalue weighted by Gasteiger charge is 2.27. The van der Waals surface area contributed by atoms with Crippen LogP contribution in [0.5, 0.6) is 0 Å². The molecule has 64 heavy (non-hydrogen) atoms. The number of hydrogen-bond acceptors (Lipinski definition) is 3.